The Morgan fingerprint density at radius 3 is 2.21 bits per heavy atom. The molecular weight excluding hydrogens is 612 g/mol. The fraction of sp³-hybridized carbons (Fsp3) is 0.211. The summed E-state index contributed by atoms with van der Waals surface area (Å²) in [5, 5.41) is 2.35. The van der Waals surface area contributed by atoms with Crippen LogP contribution in [0, 0.1) is 0 Å². The second-order valence-electron chi connectivity index (χ2n) is 11.9. The van der Waals surface area contributed by atoms with Gasteiger partial charge in [0.25, 0.3) is 10.1 Å². The first-order valence-electron chi connectivity index (χ1n) is 15.7. The molecule has 47 heavy (non-hydrogen) atoms. The molecule has 9 heteroatoms. The molecule has 2 unspecified atom stereocenters. The van der Waals surface area contributed by atoms with Crippen LogP contribution in [0.1, 0.15) is 58.6 Å². The molecular formula is C38H36N2O6S. The number of rotatable bonds is 11. The lowest BCUT2D eigenvalue weighted by Crippen LogP contribution is -2.36. The Morgan fingerprint density at radius 1 is 0.872 bits per heavy atom. The van der Waals surface area contributed by atoms with Gasteiger partial charge in [0.2, 0.25) is 5.91 Å². The summed E-state index contributed by atoms with van der Waals surface area (Å²) in [5.74, 6) is -0.794. The van der Waals surface area contributed by atoms with Gasteiger partial charge in [-0.1, -0.05) is 72.8 Å². The first kappa shape index (κ1) is 32.1. The van der Waals surface area contributed by atoms with Crippen LogP contribution in [0.25, 0.3) is 27.9 Å². The van der Waals surface area contributed by atoms with Gasteiger partial charge in [-0.25, -0.2) is 0 Å². The number of ketones is 1. The number of para-hydroxylation sites is 1. The third-order valence-electron chi connectivity index (χ3n) is 8.70. The minimum atomic E-state index is -4.64. The SMILES string of the molecule is NCC(C(=O)c1ccc(CC(C(=O)Nc2ccc(-c3cc4ccccc4o3)cc2)c2ccc(C3=CCCCC3)cc2)cc1)S(=O)(=O)O. The topological polar surface area (TPSA) is 140 Å². The van der Waals surface area contributed by atoms with Crippen molar-refractivity contribution < 1.29 is 27.0 Å². The Hall–Kier alpha value is -4.83. The van der Waals surface area contributed by atoms with Crippen LogP contribution in [0.5, 0.6) is 0 Å². The maximum atomic E-state index is 13.9. The van der Waals surface area contributed by atoms with Gasteiger partial charge < -0.3 is 15.5 Å². The van der Waals surface area contributed by atoms with Gasteiger partial charge in [-0.05, 0) is 90.8 Å². The number of carbonyl (C=O) groups excluding carboxylic acids is 2. The molecule has 2 atom stereocenters. The van der Waals surface area contributed by atoms with Crippen LogP contribution < -0.4 is 11.1 Å². The molecule has 6 rings (SSSR count). The van der Waals surface area contributed by atoms with Crippen LogP contribution in [0.4, 0.5) is 5.69 Å². The maximum absolute atomic E-state index is 13.9. The second kappa shape index (κ2) is 13.9. The predicted octanol–water partition coefficient (Wildman–Crippen LogP) is 7.42. The summed E-state index contributed by atoms with van der Waals surface area (Å²) in [7, 11) is -4.64. The summed E-state index contributed by atoms with van der Waals surface area (Å²) in [5.41, 5.74) is 12.0. The molecule has 4 N–H and O–H groups in total. The predicted molar refractivity (Wildman–Crippen MR) is 185 cm³/mol. The van der Waals surface area contributed by atoms with Crippen LogP contribution in [0.15, 0.2) is 114 Å². The molecule has 1 aromatic heterocycles. The molecule has 0 saturated heterocycles. The summed E-state index contributed by atoms with van der Waals surface area (Å²) in [4.78, 5) is 26.6. The van der Waals surface area contributed by atoms with Gasteiger partial charge in [-0.2, -0.15) is 8.42 Å². The maximum Gasteiger partial charge on any atom is 0.276 e. The van der Waals surface area contributed by atoms with E-state index in [2.05, 4.69) is 23.5 Å². The van der Waals surface area contributed by atoms with Crippen LogP contribution in [0.3, 0.4) is 0 Å². The number of nitrogens with two attached hydrogens (primary N) is 1. The molecule has 0 fully saturated rings. The van der Waals surface area contributed by atoms with Gasteiger partial charge in [0, 0.05) is 28.7 Å². The van der Waals surface area contributed by atoms with Crippen molar-refractivity contribution in [2.24, 2.45) is 5.73 Å². The summed E-state index contributed by atoms with van der Waals surface area (Å²) in [6.45, 7) is -0.534. The first-order chi connectivity index (χ1) is 22.7. The summed E-state index contributed by atoms with van der Waals surface area (Å²) < 4.78 is 38.7. The van der Waals surface area contributed by atoms with Crippen molar-refractivity contribution >= 4 is 44.0 Å². The lowest BCUT2D eigenvalue weighted by molar-refractivity contribution is -0.117. The highest BCUT2D eigenvalue weighted by molar-refractivity contribution is 7.87. The Bertz CT molecular complexity index is 2000. The Kier molecular flexibility index (Phi) is 9.49. The standard InChI is InChI=1S/C38H36N2O6S/c39-24-36(47(43,44)45)37(41)30-12-10-25(11-13-30)22-33(28-16-14-27(15-17-28)26-6-2-1-3-7-26)38(42)40-32-20-18-29(19-21-32)35-23-31-8-4-5-9-34(31)46-35/h4-6,8-21,23,33,36H,1-3,7,22,24,39H2,(H,40,42)(H,43,44,45). The van der Waals surface area contributed by atoms with E-state index in [0.717, 1.165) is 51.8 Å². The molecule has 5 aromatic rings. The molecule has 0 saturated carbocycles. The average Bonchev–Trinajstić information content (AvgIpc) is 3.52. The van der Waals surface area contributed by atoms with E-state index in [-0.39, 0.29) is 11.5 Å². The zero-order valence-electron chi connectivity index (χ0n) is 25.8. The van der Waals surface area contributed by atoms with E-state index >= 15 is 0 Å². The summed E-state index contributed by atoms with van der Waals surface area (Å²) in [6.07, 6.45) is 7.11. The van der Waals surface area contributed by atoms with E-state index < -0.39 is 33.6 Å². The molecule has 1 heterocycles. The Labute approximate surface area is 274 Å². The minimum absolute atomic E-state index is 0.109. The monoisotopic (exact) mass is 648 g/mol. The normalized spacial score (nSPS) is 14.7. The number of carbonyl (C=O) groups is 2. The summed E-state index contributed by atoms with van der Waals surface area (Å²) >= 11 is 0. The number of hydrogen-bond donors (Lipinski definition) is 3. The van der Waals surface area contributed by atoms with E-state index in [1.54, 1.807) is 12.1 Å². The quantitative estimate of drug-likeness (QED) is 0.100. The number of benzene rings is 4. The first-order valence-corrected chi connectivity index (χ1v) is 17.2. The average molecular weight is 649 g/mol. The van der Waals surface area contributed by atoms with Gasteiger partial charge in [-0.3, -0.25) is 14.1 Å². The van der Waals surface area contributed by atoms with E-state index in [4.69, 9.17) is 10.2 Å². The summed E-state index contributed by atoms with van der Waals surface area (Å²) in [6, 6.07) is 31.8. The number of furan rings is 1. The number of amides is 1. The van der Waals surface area contributed by atoms with Crippen molar-refractivity contribution in [1.29, 1.82) is 0 Å². The molecule has 4 aromatic carbocycles. The van der Waals surface area contributed by atoms with Gasteiger partial charge in [0.1, 0.15) is 11.3 Å². The lowest BCUT2D eigenvalue weighted by Gasteiger charge is -2.19. The van der Waals surface area contributed by atoms with Crippen LogP contribution >= 0.6 is 0 Å². The van der Waals surface area contributed by atoms with Crippen molar-refractivity contribution in [3.63, 3.8) is 0 Å². The van der Waals surface area contributed by atoms with E-state index in [1.807, 2.05) is 66.7 Å². The number of fused-ring (bicyclic) bond motifs is 1. The van der Waals surface area contributed by atoms with Gasteiger partial charge in [-0.15, -0.1) is 0 Å². The number of nitrogens with one attached hydrogen (secondary N) is 1. The fourth-order valence-electron chi connectivity index (χ4n) is 6.05. The molecule has 0 bridgehead atoms. The van der Waals surface area contributed by atoms with E-state index in [1.165, 1.54) is 30.5 Å². The van der Waals surface area contributed by atoms with Crippen molar-refractivity contribution in [1.82, 2.24) is 0 Å². The number of hydrogen-bond acceptors (Lipinski definition) is 6. The molecule has 1 aliphatic carbocycles. The Balaban J connectivity index is 1.23. The lowest BCUT2D eigenvalue weighted by atomic mass is 9.88. The number of anilines is 1. The smallest absolute Gasteiger partial charge is 0.276 e. The van der Waals surface area contributed by atoms with Gasteiger partial charge in [0.15, 0.2) is 11.0 Å². The fourth-order valence-corrected chi connectivity index (χ4v) is 6.70. The van der Waals surface area contributed by atoms with E-state index in [0.29, 0.717) is 12.1 Å². The molecule has 8 nitrogen and oxygen atoms in total. The van der Waals surface area contributed by atoms with Gasteiger partial charge >= 0.3 is 0 Å². The molecule has 1 amide bonds. The molecule has 0 spiro atoms. The van der Waals surface area contributed by atoms with Crippen LogP contribution in [-0.4, -0.2) is 36.5 Å². The largest absolute Gasteiger partial charge is 0.456 e. The second-order valence-corrected chi connectivity index (χ2v) is 13.5. The minimum Gasteiger partial charge on any atom is -0.456 e. The zero-order valence-corrected chi connectivity index (χ0v) is 26.6. The number of allylic oxidation sites excluding steroid dienone is 2. The Morgan fingerprint density at radius 2 is 1.57 bits per heavy atom. The van der Waals surface area contributed by atoms with Crippen molar-refractivity contribution in [2.75, 3.05) is 11.9 Å². The van der Waals surface area contributed by atoms with E-state index in [9.17, 15) is 22.6 Å². The highest BCUT2D eigenvalue weighted by Gasteiger charge is 2.30. The number of Topliss-reactive ketones (excluding diaryl/α,β-unsaturated/α-hetero) is 1. The molecule has 0 aliphatic heterocycles. The molecule has 1 aliphatic rings. The molecule has 0 radical (unpaired) electrons. The van der Waals surface area contributed by atoms with Crippen LogP contribution in [0.2, 0.25) is 0 Å². The third-order valence-corrected chi connectivity index (χ3v) is 9.82. The van der Waals surface area contributed by atoms with Gasteiger partial charge in [0.05, 0.1) is 5.92 Å². The van der Waals surface area contributed by atoms with Crippen LogP contribution in [-0.2, 0) is 21.3 Å². The molecule has 240 valence electrons. The third kappa shape index (κ3) is 7.44. The highest BCUT2D eigenvalue weighted by atomic mass is 32.2. The van der Waals surface area contributed by atoms with Crippen molar-refractivity contribution in [3.05, 3.63) is 131 Å². The van der Waals surface area contributed by atoms with Crippen molar-refractivity contribution in [2.45, 2.75) is 43.3 Å². The zero-order chi connectivity index (χ0) is 33.0. The highest BCUT2D eigenvalue weighted by Crippen LogP contribution is 2.31. The van der Waals surface area contributed by atoms with Crippen molar-refractivity contribution in [3.8, 4) is 11.3 Å².